The van der Waals surface area contributed by atoms with Crippen LogP contribution in [0.2, 0.25) is 0 Å². The first-order valence-electron chi connectivity index (χ1n) is 7.94. The Morgan fingerprint density at radius 3 is 2.65 bits per heavy atom. The maximum atomic E-state index is 12.5. The third kappa shape index (κ3) is 3.87. The molecule has 0 saturated heterocycles. The van der Waals surface area contributed by atoms with Crippen LogP contribution in [0, 0.1) is 6.92 Å². The van der Waals surface area contributed by atoms with E-state index in [2.05, 4.69) is 10.5 Å². The van der Waals surface area contributed by atoms with Crippen molar-refractivity contribution in [2.45, 2.75) is 6.92 Å². The Balaban J connectivity index is 2.00. The number of benzene rings is 3. The van der Waals surface area contributed by atoms with Crippen LogP contribution >= 0.6 is 0 Å². The van der Waals surface area contributed by atoms with Crippen molar-refractivity contribution in [1.29, 1.82) is 0 Å². The van der Waals surface area contributed by atoms with E-state index in [4.69, 9.17) is 10.5 Å². The molecule has 3 aromatic rings. The Morgan fingerprint density at radius 1 is 1.08 bits per heavy atom. The van der Waals surface area contributed by atoms with Crippen LogP contribution < -0.4 is 15.9 Å². The first-order chi connectivity index (χ1) is 12.5. The third-order valence-corrected chi connectivity index (χ3v) is 3.76. The molecule has 130 valence electrons. The Kier molecular flexibility index (Phi) is 4.94. The molecule has 3 aromatic carbocycles. The van der Waals surface area contributed by atoms with E-state index in [0.29, 0.717) is 16.9 Å². The van der Waals surface area contributed by atoms with Crippen molar-refractivity contribution in [2.75, 3.05) is 0 Å². The summed E-state index contributed by atoms with van der Waals surface area (Å²) in [5.41, 5.74) is 9.16. The fraction of sp³-hybridized carbons (Fsp3) is 0.0500. The fourth-order valence-corrected chi connectivity index (χ4v) is 2.59. The van der Waals surface area contributed by atoms with Gasteiger partial charge in [-0.15, -0.1) is 0 Å². The number of nitrogens with two attached hydrogens (primary N) is 1. The number of urea groups is 1. The molecular formula is C20H17N3O3. The summed E-state index contributed by atoms with van der Waals surface area (Å²) in [6.07, 6.45) is 1.41. The van der Waals surface area contributed by atoms with Crippen LogP contribution in [0.3, 0.4) is 0 Å². The molecule has 0 spiro atoms. The highest BCUT2D eigenvalue weighted by atomic mass is 16.5. The smallest absolute Gasteiger partial charge is 0.343 e. The van der Waals surface area contributed by atoms with Crippen molar-refractivity contribution in [3.63, 3.8) is 0 Å². The van der Waals surface area contributed by atoms with Gasteiger partial charge in [0.25, 0.3) is 0 Å². The van der Waals surface area contributed by atoms with E-state index < -0.39 is 12.0 Å². The molecule has 0 atom stereocenters. The van der Waals surface area contributed by atoms with Crippen LogP contribution in [-0.2, 0) is 0 Å². The summed E-state index contributed by atoms with van der Waals surface area (Å²) in [6, 6.07) is 17.5. The molecule has 0 aliphatic heterocycles. The Bertz CT molecular complexity index is 1010. The molecule has 0 aliphatic carbocycles. The van der Waals surface area contributed by atoms with Gasteiger partial charge in [0.1, 0.15) is 5.75 Å². The number of hydrogen-bond acceptors (Lipinski definition) is 4. The molecular weight excluding hydrogens is 330 g/mol. The molecule has 0 bridgehead atoms. The number of ether oxygens (including phenoxy) is 1. The summed E-state index contributed by atoms with van der Waals surface area (Å²) in [4.78, 5) is 23.3. The van der Waals surface area contributed by atoms with Crippen LogP contribution in [0.15, 0.2) is 65.8 Å². The number of carbonyl (C=O) groups excluding carboxylic acids is 2. The maximum Gasteiger partial charge on any atom is 0.343 e. The maximum absolute atomic E-state index is 12.5. The second-order valence-electron chi connectivity index (χ2n) is 5.69. The molecule has 6 heteroatoms. The normalized spacial score (nSPS) is 10.8. The molecule has 0 aliphatic rings. The molecule has 0 unspecified atom stereocenters. The van der Waals surface area contributed by atoms with Crippen LogP contribution in [0.1, 0.15) is 21.5 Å². The molecule has 6 nitrogen and oxygen atoms in total. The minimum Gasteiger partial charge on any atom is -0.422 e. The number of esters is 1. The number of hydrazone groups is 1. The number of fused-ring (bicyclic) bond motifs is 1. The first kappa shape index (κ1) is 17.2. The lowest BCUT2D eigenvalue weighted by molar-refractivity contribution is 0.0734. The van der Waals surface area contributed by atoms with Gasteiger partial charge >= 0.3 is 12.0 Å². The van der Waals surface area contributed by atoms with Gasteiger partial charge in [-0.3, -0.25) is 0 Å². The number of carbonyl (C=O) groups is 2. The van der Waals surface area contributed by atoms with E-state index in [9.17, 15) is 9.59 Å². The number of primary amides is 1. The lowest BCUT2D eigenvalue weighted by Crippen LogP contribution is -2.24. The number of nitrogens with one attached hydrogen (secondary N) is 1. The van der Waals surface area contributed by atoms with E-state index in [1.54, 1.807) is 24.3 Å². The van der Waals surface area contributed by atoms with Crippen LogP contribution in [0.5, 0.6) is 5.75 Å². The standard InChI is InChI=1S/C20H17N3O3/c1-13-5-4-7-15(11-13)19(24)26-18-10-9-14-6-2-3-8-16(14)17(18)12-22-23-20(21)25/h2-12H,1H3,(H3,21,23,25)/b22-12-. The van der Waals surface area contributed by atoms with Crippen LogP contribution in [0.25, 0.3) is 10.8 Å². The highest BCUT2D eigenvalue weighted by Gasteiger charge is 2.13. The van der Waals surface area contributed by atoms with Crippen LogP contribution in [-0.4, -0.2) is 18.2 Å². The molecule has 3 N–H and O–H groups in total. The third-order valence-electron chi connectivity index (χ3n) is 3.76. The van der Waals surface area contributed by atoms with Gasteiger partial charge in [0, 0.05) is 5.56 Å². The Hall–Kier alpha value is -3.67. The summed E-state index contributed by atoms with van der Waals surface area (Å²) in [6.45, 7) is 1.90. The number of rotatable bonds is 4. The molecule has 2 amide bonds. The van der Waals surface area contributed by atoms with E-state index >= 15 is 0 Å². The van der Waals surface area contributed by atoms with Crippen LogP contribution in [0.4, 0.5) is 4.79 Å². The van der Waals surface area contributed by atoms with Gasteiger partial charge in [-0.05, 0) is 35.9 Å². The van der Waals surface area contributed by atoms with Gasteiger partial charge in [-0.25, -0.2) is 15.0 Å². The second-order valence-corrected chi connectivity index (χ2v) is 5.69. The zero-order valence-electron chi connectivity index (χ0n) is 14.1. The average Bonchev–Trinajstić information content (AvgIpc) is 2.63. The van der Waals surface area contributed by atoms with Gasteiger partial charge in [-0.2, -0.15) is 5.10 Å². The van der Waals surface area contributed by atoms with E-state index in [-0.39, 0.29) is 0 Å². The first-order valence-corrected chi connectivity index (χ1v) is 7.94. The Morgan fingerprint density at radius 2 is 1.88 bits per heavy atom. The summed E-state index contributed by atoms with van der Waals surface area (Å²) >= 11 is 0. The Labute approximate surface area is 150 Å². The topological polar surface area (TPSA) is 93.8 Å². The predicted molar refractivity (Wildman–Crippen MR) is 100 cm³/mol. The predicted octanol–water partition coefficient (Wildman–Crippen LogP) is 3.37. The lowest BCUT2D eigenvalue weighted by Gasteiger charge is -2.10. The fourth-order valence-electron chi connectivity index (χ4n) is 2.59. The molecule has 26 heavy (non-hydrogen) atoms. The zero-order chi connectivity index (χ0) is 18.5. The largest absolute Gasteiger partial charge is 0.422 e. The molecule has 0 fully saturated rings. The van der Waals surface area contributed by atoms with Crippen molar-refractivity contribution in [3.8, 4) is 5.75 Å². The van der Waals surface area contributed by atoms with Gasteiger partial charge in [-0.1, -0.05) is 48.0 Å². The summed E-state index contributed by atoms with van der Waals surface area (Å²) in [7, 11) is 0. The van der Waals surface area contributed by atoms with Gasteiger partial charge < -0.3 is 10.5 Å². The highest BCUT2D eigenvalue weighted by Crippen LogP contribution is 2.27. The van der Waals surface area contributed by atoms with E-state index in [0.717, 1.165) is 16.3 Å². The quantitative estimate of drug-likeness (QED) is 0.328. The zero-order valence-corrected chi connectivity index (χ0v) is 14.1. The SMILES string of the molecule is Cc1cccc(C(=O)Oc2ccc3ccccc3c2/C=N\NC(N)=O)c1. The molecule has 0 saturated carbocycles. The molecule has 3 rings (SSSR count). The number of aryl methyl sites for hydroxylation is 1. The summed E-state index contributed by atoms with van der Waals surface area (Å²) in [5, 5.41) is 5.58. The van der Waals surface area contributed by atoms with Crippen molar-refractivity contribution in [1.82, 2.24) is 5.43 Å². The number of hydrogen-bond donors (Lipinski definition) is 2. The van der Waals surface area contributed by atoms with Gasteiger partial charge in [0.05, 0.1) is 11.8 Å². The summed E-state index contributed by atoms with van der Waals surface area (Å²) < 4.78 is 5.58. The van der Waals surface area contributed by atoms with Crippen molar-refractivity contribution in [3.05, 3.63) is 77.4 Å². The van der Waals surface area contributed by atoms with Gasteiger partial charge in [0.15, 0.2) is 0 Å². The minimum absolute atomic E-state index is 0.338. The second kappa shape index (κ2) is 7.48. The molecule has 0 heterocycles. The van der Waals surface area contributed by atoms with Gasteiger partial charge in [0.2, 0.25) is 0 Å². The highest BCUT2D eigenvalue weighted by molar-refractivity contribution is 6.04. The van der Waals surface area contributed by atoms with E-state index in [1.165, 1.54) is 6.21 Å². The minimum atomic E-state index is -0.778. The van der Waals surface area contributed by atoms with Crippen molar-refractivity contribution in [2.24, 2.45) is 10.8 Å². The number of nitrogens with zero attached hydrogens (tertiary/aromatic N) is 1. The number of amides is 2. The summed E-state index contributed by atoms with van der Waals surface area (Å²) in [5.74, 6) is -0.133. The van der Waals surface area contributed by atoms with E-state index in [1.807, 2.05) is 43.3 Å². The van der Waals surface area contributed by atoms with Crippen molar-refractivity contribution >= 4 is 29.0 Å². The molecule has 0 radical (unpaired) electrons. The van der Waals surface area contributed by atoms with Crippen molar-refractivity contribution < 1.29 is 14.3 Å². The monoisotopic (exact) mass is 347 g/mol. The lowest BCUT2D eigenvalue weighted by atomic mass is 10.0. The average molecular weight is 347 g/mol. The molecule has 0 aromatic heterocycles.